The molecule has 17 nitrogen and oxygen atoms in total. The van der Waals surface area contributed by atoms with Gasteiger partial charge in [0.25, 0.3) is 5.56 Å². The first-order chi connectivity index (χ1) is 14.5. The first-order valence-electron chi connectivity index (χ1n) is 8.03. The minimum Gasteiger partial charge on any atom is -0.387 e. The summed E-state index contributed by atoms with van der Waals surface area (Å²) in [5.74, 6) is 0. The largest absolute Gasteiger partial charge is 0.490 e. The van der Waals surface area contributed by atoms with Gasteiger partial charge in [0.2, 0.25) is 0 Å². The molecule has 0 spiro atoms. The zero-order valence-electron chi connectivity index (χ0n) is 15.5. The predicted octanol–water partition coefficient (Wildman–Crippen LogP) is -1.45. The Morgan fingerprint density at radius 2 is 1.84 bits per heavy atom. The summed E-state index contributed by atoms with van der Waals surface area (Å²) in [6.45, 7) is 1.16. The van der Waals surface area contributed by atoms with Gasteiger partial charge < -0.3 is 29.4 Å². The van der Waals surface area contributed by atoms with Gasteiger partial charge in [0.15, 0.2) is 12.4 Å². The fourth-order valence-electron chi connectivity index (χ4n) is 2.64. The number of ether oxygens (including phenoxy) is 1. The fourth-order valence-corrected chi connectivity index (χ4v) is 5.71. The van der Waals surface area contributed by atoms with Gasteiger partial charge in [-0.2, -0.15) is 8.62 Å². The van der Waals surface area contributed by atoms with Gasteiger partial charge in [-0.25, -0.2) is 22.9 Å². The van der Waals surface area contributed by atoms with E-state index < -0.39 is 72.0 Å². The van der Waals surface area contributed by atoms with Crippen LogP contribution in [0.1, 0.15) is 6.23 Å². The molecule has 32 heavy (non-hydrogen) atoms. The highest BCUT2D eigenvalue weighted by Gasteiger charge is 2.57. The number of aliphatic imine (C=N–C) groups is 1. The number of alkyl halides is 1. The summed E-state index contributed by atoms with van der Waals surface area (Å²) in [5, 5.41) is 10.3. The fraction of sp³-hybridized carbons (Fsp3) is 0.545. The van der Waals surface area contributed by atoms with E-state index in [2.05, 4.69) is 24.9 Å². The first kappa shape index (κ1) is 26.9. The van der Waals surface area contributed by atoms with Crippen molar-refractivity contribution in [1.29, 1.82) is 0 Å². The standard InChI is InChI=1S/C11H17FN3O14P3/c1-13-4-11(5-26-31(22,23)29-32(24,25)28-30(19,20)21)8(17)7(12)9(27-11)15-3-2-6(16)14-10(15)18/h2-3,7-9,17H,1,4-5H2,(H,22,23)(H,24,25)(H,14,16,18)(H2,19,20,21)/t7-,8+,9-,11-/m1/s1. The van der Waals surface area contributed by atoms with Crippen molar-refractivity contribution in [2.24, 2.45) is 4.99 Å². The summed E-state index contributed by atoms with van der Waals surface area (Å²) >= 11 is 0. The Labute approximate surface area is 176 Å². The molecule has 2 rings (SSSR count). The molecule has 21 heteroatoms. The lowest BCUT2D eigenvalue weighted by Gasteiger charge is -2.30. The van der Waals surface area contributed by atoms with E-state index in [1.165, 1.54) is 0 Å². The van der Waals surface area contributed by atoms with Crippen LogP contribution < -0.4 is 11.2 Å². The predicted molar refractivity (Wildman–Crippen MR) is 99.3 cm³/mol. The normalized spacial score (nSPS) is 29.9. The molecule has 0 aliphatic carbocycles. The van der Waals surface area contributed by atoms with Crippen LogP contribution in [0.3, 0.4) is 0 Å². The zero-order chi connectivity index (χ0) is 24.5. The Bertz CT molecular complexity index is 1120. The molecule has 6 atom stereocenters. The van der Waals surface area contributed by atoms with Gasteiger partial charge >= 0.3 is 29.2 Å². The number of hydrogen-bond donors (Lipinski definition) is 6. The highest BCUT2D eigenvalue weighted by Crippen LogP contribution is 2.66. The van der Waals surface area contributed by atoms with Crippen molar-refractivity contribution >= 4 is 30.2 Å². The highest BCUT2D eigenvalue weighted by atomic mass is 31.3. The van der Waals surface area contributed by atoms with Crippen molar-refractivity contribution in [3.63, 3.8) is 0 Å². The van der Waals surface area contributed by atoms with Crippen LogP contribution in [0.2, 0.25) is 0 Å². The van der Waals surface area contributed by atoms with Crippen molar-refractivity contribution in [2.75, 3.05) is 13.2 Å². The van der Waals surface area contributed by atoms with Gasteiger partial charge in [0, 0.05) is 12.3 Å². The second-order valence-electron chi connectivity index (χ2n) is 6.23. The lowest BCUT2D eigenvalue weighted by Crippen LogP contribution is -2.48. The van der Waals surface area contributed by atoms with E-state index in [-0.39, 0.29) is 0 Å². The molecule has 0 saturated carbocycles. The highest BCUT2D eigenvalue weighted by molar-refractivity contribution is 7.66. The van der Waals surface area contributed by atoms with Crippen molar-refractivity contribution in [3.05, 3.63) is 33.1 Å². The molecule has 182 valence electrons. The third-order valence-electron chi connectivity index (χ3n) is 3.86. The van der Waals surface area contributed by atoms with E-state index >= 15 is 0 Å². The smallest absolute Gasteiger partial charge is 0.387 e. The van der Waals surface area contributed by atoms with Gasteiger partial charge in [-0.05, 0) is 6.72 Å². The summed E-state index contributed by atoms with van der Waals surface area (Å²) in [6.07, 6.45) is -5.57. The van der Waals surface area contributed by atoms with E-state index in [1.54, 1.807) is 0 Å². The molecule has 0 aromatic carbocycles. The Hall–Kier alpha value is -1.39. The van der Waals surface area contributed by atoms with Gasteiger partial charge in [0.05, 0.1) is 13.2 Å². The third-order valence-corrected chi connectivity index (χ3v) is 7.64. The molecule has 1 saturated heterocycles. The molecular formula is C11H17FN3O14P3. The number of aliphatic hydroxyl groups excluding tert-OH is 1. The van der Waals surface area contributed by atoms with Crippen LogP contribution in [-0.2, 0) is 31.6 Å². The Balaban J connectivity index is 2.26. The number of nitrogens with zero attached hydrogens (tertiary/aromatic N) is 2. The minimum absolute atomic E-state index is 0.560. The molecule has 2 unspecified atom stereocenters. The van der Waals surface area contributed by atoms with E-state index in [4.69, 9.17) is 19.4 Å². The number of H-pyrrole nitrogens is 1. The van der Waals surface area contributed by atoms with Crippen LogP contribution in [0, 0.1) is 0 Å². The van der Waals surface area contributed by atoms with Gasteiger partial charge in [0.1, 0.15) is 11.7 Å². The first-order valence-corrected chi connectivity index (χ1v) is 12.6. The van der Waals surface area contributed by atoms with Crippen LogP contribution in [0.15, 0.2) is 26.8 Å². The van der Waals surface area contributed by atoms with Crippen molar-refractivity contribution < 1.29 is 60.6 Å². The topological polar surface area (TPSA) is 256 Å². The van der Waals surface area contributed by atoms with Crippen molar-refractivity contribution in [1.82, 2.24) is 9.55 Å². The molecule has 1 aliphatic heterocycles. The van der Waals surface area contributed by atoms with E-state index in [0.717, 1.165) is 12.3 Å². The SMILES string of the molecule is C=NC[C@]1(COP(=O)(O)OP(=O)(O)OP(=O)(O)O)O[C@@H](n2ccc(=O)[nH]c2=O)[C@H](F)[C@@H]1O. The van der Waals surface area contributed by atoms with Crippen LogP contribution in [0.25, 0.3) is 0 Å². The van der Waals surface area contributed by atoms with E-state index in [9.17, 15) is 37.7 Å². The average molecular weight is 527 g/mol. The maximum absolute atomic E-state index is 14.7. The summed E-state index contributed by atoms with van der Waals surface area (Å²) in [4.78, 5) is 64.0. The number of aliphatic hydroxyl groups is 1. The molecule has 0 radical (unpaired) electrons. The molecular weight excluding hydrogens is 510 g/mol. The number of aromatic nitrogens is 2. The third kappa shape index (κ3) is 6.57. The molecule has 1 aliphatic rings. The average Bonchev–Trinajstić information content (AvgIpc) is 2.83. The van der Waals surface area contributed by atoms with Crippen LogP contribution >= 0.6 is 23.5 Å². The molecule has 2 heterocycles. The Kier molecular flexibility index (Phi) is 7.94. The van der Waals surface area contributed by atoms with E-state index in [1.807, 2.05) is 4.98 Å². The quantitative estimate of drug-likeness (QED) is 0.150. The number of phosphoric ester groups is 1. The van der Waals surface area contributed by atoms with Gasteiger partial charge in [-0.15, -0.1) is 0 Å². The number of phosphoric acid groups is 3. The second kappa shape index (κ2) is 9.46. The second-order valence-corrected chi connectivity index (χ2v) is 10.6. The van der Waals surface area contributed by atoms with Gasteiger partial charge in [-0.1, -0.05) is 0 Å². The van der Waals surface area contributed by atoms with Crippen molar-refractivity contribution in [2.45, 2.75) is 24.1 Å². The molecule has 0 amide bonds. The Morgan fingerprint density at radius 3 is 2.38 bits per heavy atom. The summed E-state index contributed by atoms with van der Waals surface area (Å²) in [5.41, 5.74) is -4.23. The maximum Gasteiger partial charge on any atom is 0.490 e. The molecule has 1 aromatic heterocycles. The number of nitrogens with one attached hydrogen (secondary N) is 1. The lowest BCUT2D eigenvalue weighted by atomic mass is 9.97. The summed E-state index contributed by atoms with van der Waals surface area (Å²) < 4.78 is 66.1. The van der Waals surface area contributed by atoms with Crippen LogP contribution in [-0.4, -0.2) is 72.0 Å². The number of rotatable bonds is 10. The van der Waals surface area contributed by atoms with Crippen LogP contribution in [0.4, 0.5) is 4.39 Å². The summed E-state index contributed by atoms with van der Waals surface area (Å²) in [6, 6.07) is 0.849. The maximum atomic E-state index is 14.7. The number of aromatic amines is 1. The molecule has 0 bridgehead atoms. The molecule has 1 fully saturated rings. The van der Waals surface area contributed by atoms with Gasteiger partial charge in [-0.3, -0.25) is 23.9 Å². The minimum atomic E-state index is -5.83. The monoisotopic (exact) mass is 527 g/mol. The lowest BCUT2D eigenvalue weighted by molar-refractivity contribution is -0.120. The Morgan fingerprint density at radius 1 is 1.22 bits per heavy atom. The summed E-state index contributed by atoms with van der Waals surface area (Å²) in [7, 11) is -17.1. The molecule has 1 aromatic rings. The van der Waals surface area contributed by atoms with Crippen molar-refractivity contribution in [3.8, 4) is 0 Å². The number of hydrogen-bond acceptors (Lipinski definition) is 11. The van der Waals surface area contributed by atoms with E-state index in [0.29, 0.717) is 4.57 Å². The molecule has 6 N–H and O–H groups in total. The zero-order valence-corrected chi connectivity index (χ0v) is 18.2. The number of halogens is 1. The van der Waals surface area contributed by atoms with Crippen LogP contribution in [0.5, 0.6) is 0 Å².